The van der Waals surface area contributed by atoms with E-state index in [1.807, 2.05) is 30.3 Å². The number of benzene rings is 2. The van der Waals surface area contributed by atoms with Gasteiger partial charge in [0.05, 0.1) is 6.04 Å². The van der Waals surface area contributed by atoms with E-state index in [2.05, 4.69) is 23.5 Å². The first-order valence-electron chi connectivity index (χ1n) is 10.5. The average Bonchev–Trinajstić information content (AvgIpc) is 3.48. The molecule has 0 bridgehead atoms. The molecule has 4 atom stereocenters. The summed E-state index contributed by atoms with van der Waals surface area (Å²) in [5.41, 5.74) is 2.29. The SMILES string of the molecule is O=C(N[C@@H](Cc1ccccc1)c1ccc2c(c1)OCCO2)C1[C@H]2CCCC[C@@H]12. The summed E-state index contributed by atoms with van der Waals surface area (Å²) < 4.78 is 11.4. The van der Waals surface area contributed by atoms with Gasteiger partial charge in [0.15, 0.2) is 11.5 Å². The Bertz CT molecular complexity index is 838. The number of nitrogens with one attached hydrogen (secondary N) is 1. The Morgan fingerprint density at radius 1 is 0.964 bits per heavy atom. The first-order chi connectivity index (χ1) is 13.8. The van der Waals surface area contributed by atoms with Crippen molar-refractivity contribution in [1.29, 1.82) is 0 Å². The zero-order chi connectivity index (χ0) is 18.9. The smallest absolute Gasteiger partial charge is 0.224 e. The molecular formula is C24H27NO3. The molecule has 2 aromatic carbocycles. The van der Waals surface area contributed by atoms with E-state index < -0.39 is 0 Å². The normalized spacial score (nSPS) is 26.1. The summed E-state index contributed by atoms with van der Waals surface area (Å²) in [7, 11) is 0. The molecule has 28 heavy (non-hydrogen) atoms. The van der Waals surface area contributed by atoms with Crippen molar-refractivity contribution >= 4 is 5.91 Å². The average molecular weight is 377 g/mol. The van der Waals surface area contributed by atoms with Crippen molar-refractivity contribution in [2.75, 3.05) is 13.2 Å². The number of carbonyl (C=O) groups is 1. The summed E-state index contributed by atoms with van der Waals surface area (Å²) in [6.45, 7) is 1.15. The first-order valence-corrected chi connectivity index (χ1v) is 10.5. The van der Waals surface area contributed by atoms with E-state index in [1.54, 1.807) is 0 Å². The van der Waals surface area contributed by atoms with Crippen LogP contribution in [0.15, 0.2) is 48.5 Å². The Morgan fingerprint density at radius 3 is 2.43 bits per heavy atom. The van der Waals surface area contributed by atoms with Crippen molar-refractivity contribution in [2.24, 2.45) is 17.8 Å². The van der Waals surface area contributed by atoms with Gasteiger partial charge in [0.2, 0.25) is 5.91 Å². The van der Waals surface area contributed by atoms with Gasteiger partial charge in [-0.15, -0.1) is 0 Å². The van der Waals surface area contributed by atoms with E-state index in [-0.39, 0.29) is 17.9 Å². The van der Waals surface area contributed by atoms with E-state index in [4.69, 9.17) is 9.47 Å². The van der Waals surface area contributed by atoms with Gasteiger partial charge in [0.25, 0.3) is 0 Å². The molecule has 2 fully saturated rings. The second kappa shape index (κ2) is 7.50. The van der Waals surface area contributed by atoms with Gasteiger partial charge >= 0.3 is 0 Å². The summed E-state index contributed by atoms with van der Waals surface area (Å²) in [5.74, 6) is 3.24. The quantitative estimate of drug-likeness (QED) is 0.845. The highest BCUT2D eigenvalue weighted by Gasteiger charge is 2.54. The van der Waals surface area contributed by atoms with Crippen LogP contribution in [-0.2, 0) is 11.2 Å². The maximum absolute atomic E-state index is 13.1. The number of carbonyl (C=O) groups excluding carboxylic acids is 1. The maximum Gasteiger partial charge on any atom is 0.224 e. The van der Waals surface area contributed by atoms with Crippen LogP contribution in [0.4, 0.5) is 0 Å². The molecule has 0 saturated heterocycles. The van der Waals surface area contributed by atoms with E-state index in [9.17, 15) is 4.79 Å². The summed E-state index contributed by atoms with van der Waals surface area (Å²) >= 11 is 0. The molecule has 146 valence electrons. The molecule has 5 rings (SSSR count). The van der Waals surface area contributed by atoms with E-state index in [0.29, 0.717) is 25.0 Å². The molecule has 0 aromatic heterocycles. The largest absolute Gasteiger partial charge is 0.486 e. The van der Waals surface area contributed by atoms with Crippen LogP contribution in [0, 0.1) is 17.8 Å². The Morgan fingerprint density at radius 2 is 1.68 bits per heavy atom. The summed E-state index contributed by atoms with van der Waals surface area (Å²) in [6.07, 6.45) is 5.77. The predicted octanol–water partition coefficient (Wildman–Crippen LogP) is 4.29. The lowest BCUT2D eigenvalue weighted by molar-refractivity contribution is -0.123. The molecule has 2 aromatic rings. The highest BCUT2D eigenvalue weighted by Crippen LogP contribution is 2.55. The third-order valence-electron chi connectivity index (χ3n) is 6.53. The number of amides is 1. The van der Waals surface area contributed by atoms with Gasteiger partial charge in [-0.3, -0.25) is 4.79 Å². The molecule has 0 spiro atoms. The second-order valence-electron chi connectivity index (χ2n) is 8.29. The van der Waals surface area contributed by atoms with Crippen LogP contribution in [-0.4, -0.2) is 19.1 Å². The lowest BCUT2D eigenvalue weighted by Crippen LogP contribution is -2.32. The Kier molecular flexibility index (Phi) is 4.71. The Balaban J connectivity index is 1.38. The minimum atomic E-state index is -0.0617. The van der Waals surface area contributed by atoms with Crippen molar-refractivity contribution < 1.29 is 14.3 Å². The minimum Gasteiger partial charge on any atom is -0.486 e. The molecule has 1 N–H and O–H groups in total. The number of hydrogen-bond acceptors (Lipinski definition) is 3. The van der Waals surface area contributed by atoms with E-state index in [1.165, 1.54) is 31.2 Å². The van der Waals surface area contributed by atoms with Crippen molar-refractivity contribution in [2.45, 2.75) is 38.1 Å². The fourth-order valence-electron chi connectivity index (χ4n) is 5.03. The molecule has 1 aliphatic heterocycles. The fourth-order valence-corrected chi connectivity index (χ4v) is 5.03. The predicted molar refractivity (Wildman–Crippen MR) is 107 cm³/mol. The molecule has 1 unspecified atom stereocenters. The van der Waals surface area contributed by atoms with Gasteiger partial charge in [-0.2, -0.15) is 0 Å². The molecule has 1 heterocycles. The zero-order valence-corrected chi connectivity index (χ0v) is 16.1. The van der Waals surface area contributed by atoms with Crippen molar-refractivity contribution in [3.8, 4) is 11.5 Å². The van der Waals surface area contributed by atoms with Gasteiger partial charge in [0.1, 0.15) is 13.2 Å². The monoisotopic (exact) mass is 377 g/mol. The van der Waals surface area contributed by atoms with Crippen molar-refractivity contribution in [3.05, 3.63) is 59.7 Å². The van der Waals surface area contributed by atoms with Crippen LogP contribution in [0.5, 0.6) is 11.5 Å². The van der Waals surface area contributed by atoms with Crippen LogP contribution in [0.3, 0.4) is 0 Å². The van der Waals surface area contributed by atoms with Crippen LogP contribution >= 0.6 is 0 Å². The number of hydrogen-bond donors (Lipinski definition) is 1. The maximum atomic E-state index is 13.1. The van der Waals surface area contributed by atoms with Gasteiger partial charge in [-0.25, -0.2) is 0 Å². The molecule has 2 saturated carbocycles. The lowest BCUT2D eigenvalue weighted by atomic mass is 9.98. The van der Waals surface area contributed by atoms with Gasteiger partial charge in [-0.05, 0) is 54.4 Å². The Hall–Kier alpha value is -2.49. The van der Waals surface area contributed by atoms with Crippen LogP contribution < -0.4 is 14.8 Å². The van der Waals surface area contributed by atoms with Crippen LogP contribution in [0.1, 0.15) is 42.9 Å². The van der Waals surface area contributed by atoms with E-state index in [0.717, 1.165) is 23.5 Å². The first kappa shape index (κ1) is 17.6. The number of fused-ring (bicyclic) bond motifs is 2. The minimum absolute atomic E-state index is 0.0617. The zero-order valence-electron chi connectivity index (χ0n) is 16.1. The van der Waals surface area contributed by atoms with Crippen molar-refractivity contribution in [1.82, 2.24) is 5.32 Å². The topological polar surface area (TPSA) is 47.6 Å². The fraction of sp³-hybridized carbons (Fsp3) is 0.458. The molecule has 4 nitrogen and oxygen atoms in total. The molecular weight excluding hydrogens is 350 g/mol. The van der Waals surface area contributed by atoms with E-state index >= 15 is 0 Å². The number of ether oxygens (including phenoxy) is 2. The van der Waals surface area contributed by atoms with Crippen molar-refractivity contribution in [3.63, 3.8) is 0 Å². The molecule has 4 heteroatoms. The summed E-state index contributed by atoms with van der Waals surface area (Å²) in [6, 6.07) is 16.3. The third-order valence-corrected chi connectivity index (χ3v) is 6.53. The summed E-state index contributed by atoms with van der Waals surface area (Å²) in [5, 5.41) is 3.37. The van der Waals surface area contributed by atoms with Crippen LogP contribution in [0.2, 0.25) is 0 Å². The third kappa shape index (κ3) is 3.48. The van der Waals surface area contributed by atoms with Gasteiger partial charge in [-0.1, -0.05) is 49.2 Å². The second-order valence-corrected chi connectivity index (χ2v) is 8.29. The molecule has 0 radical (unpaired) electrons. The van der Waals surface area contributed by atoms with Crippen LogP contribution in [0.25, 0.3) is 0 Å². The van der Waals surface area contributed by atoms with Gasteiger partial charge < -0.3 is 14.8 Å². The highest BCUT2D eigenvalue weighted by molar-refractivity contribution is 5.82. The standard InChI is InChI=1S/C24H27NO3/c26-24(23-18-8-4-5-9-19(18)23)25-20(14-16-6-2-1-3-7-16)17-10-11-21-22(15-17)28-13-12-27-21/h1-3,6-7,10-11,15,18-20,23H,4-5,8-9,12-14H2,(H,25,26)/t18-,19+,20-,23?/m0/s1. The summed E-state index contributed by atoms with van der Waals surface area (Å²) in [4.78, 5) is 13.1. The molecule has 3 aliphatic rings. The molecule has 1 amide bonds. The number of rotatable bonds is 5. The Labute approximate surface area is 166 Å². The lowest BCUT2D eigenvalue weighted by Gasteiger charge is -2.23. The molecule has 2 aliphatic carbocycles. The highest BCUT2D eigenvalue weighted by atomic mass is 16.6. The van der Waals surface area contributed by atoms with Gasteiger partial charge in [0, 0.05) is 5.92 Å².